The number of hydrogen-bond donors (Lipinski definition) is 1. The molecule has 0 bridgehead atoms. The molecule has 0 saturated heterocycles. The summed E-state index contributed by atoms with van der Waals surface area (Å²) in [6, 6.07) is 4.11. The first-order valence-electron chi connectivity index (χ1n) is 7.17. The first kappa shape index (κ1) is 15.8. The molecule has 23 heavy (non-hydrogen) atoms. The number of aromatic nitrogens is 1. The molecule has 3 rings (SSSR count). The van der Waals surface area contributed by atoms with E-state index in [0.717, 1.165) is 22.5 Å². The largest absolute Gasteiger partial charge is 0.442 e. The van der Waals surface area contributed by atoms with Gasteiger partial charge >= 0.3 is 11.3 Å². The fourth-order valence-electron chi connectivity index (χ4n) is 2.50. The molecule has 0 radical (unpaired) electrons. The van der Waals surface area contributed by atoms with E-state index in [-0.39, 0.29) is 5.71 Å². The maximum atomic E-state index is 13.6. The van der Waals surface area contributed by atoms with E-state index in [1.54, 1.807) is 11.8 Å². The first-order chi connectivity index (χ1) is 11.1. The fraction of sp³-hybridized carbons (Fsp3) is 0.333. The molecule has 1 aromatic carbocycles. The fourth-order valence-corrected chi connectivity index (χ4v) is 3.21. The van der Waals surface area contributed by atoms with Gasteiger partial charge in [0.1, 0.15) is 5.82 Å². The molecule has 122 valence electrons. The number of rotatable bonds is 6. The lowest BCUT2D eigenvalue weighted by atomic mass is 10.1. The van der Waals surface area contributed by atoms with Crippen molar-refractivity contribution in [1.82, 2.24) is 4.57 Å². The van der Waals surface area contributed by atoms with Crippen molar-refractivity contribution in [3.63, 3.8) is 0 Å². The van der Waals surface area contributed by atoms with Gasteiger partial charge in [-0.15, -0.1) is 4.57 Å². The van der Waals surface area contributed by atoms with E-state index in [0.29, 0.717) is 29.4 Å². The van der Waals surface area contributed by atoms with Crippen LogP contribution in [0, 0.1) is 5.82 Å². The maximum absolute atomic E-state index is 13.6. The van der Waals surface area contributed by atoms with Crippen LogP contribution in [0.1, 0.15) is 12.0 Å². The van der Waals surface area contributed by atoms with Gasteiger partial charge in [0.05, 0.1) is 5.52 Å². The Labute approximate surface area is 134 Å². The summed E-state index contributed by atoms with van der Waals surface area (Å²) in [4.78, 5) is 22.9. The van der Waals surface area contributed by atoms with Gasteiger partial charge in [-0.1, -0.05) is 0 Å². The smallest absolute Gasteiger partial charge is 0.397 e. The quantitative estimate of drug-likeness (QED) is 0.544. The SMILES string of the molecule is NCCSCCCc1c2cc(F)ccc2n2oc(=O)c(=O)oc12. The number of nitrogens with zero attached hydrogens (tertiary/aromatic N) is 1. The highest BCUT2D eigenvalue weighted by molar-refractivity contribution is 7.99. The van der Waals surface area contributed by atoms with Crippen LogP contribution in [-0.4, -0.2) is 22.6 Å². The topological polar surface area (TPSA) is 90.9 Å². The van der Waals surface area contributed by atoms with Crippen LogP contribution in [0.2, 0.25) is 0 Å². The summed E-state index contributed by atoms with van der Waals surface area (Å²) < 4.78 is 24.8. The molecule has 0 amide bonds. The molecule has 0 aliphatic rings. The van der Waals surface area contributed by atoms with Gasteiger partial charge in [-0.25, -0.2) is 14.0 Å². The third-order valence-corrected chi connectivity index (χ3v) is 4.55. The van der Waals surface area contributed by atoms with E-state index >= 15 is 0 Å². The molecule has 0 spiro atoms. The molecule has 0 fully saturated rings. The van der Waals surface area contributed by atoms with Crippen LogP contribution in [-0.2, 0) is 6.42 Å². The van der Waals surface area contributed by atoms with Crippen LogP contribution in [0.5, 0.6) is 0 Å². The van der Waals surface area contributed by atoms with Gasteiger partial charge in [0.15, 0.2) is 0 Å². The number of benzene rings is 1. The molecule has 0 aliphatic heterocycles. The molecular formula is C15H15FN2O4S. The van der Waals surface area contributed by atoms with Gasteiger partial charge in [0, 0.05) is 23.2 Å². The minimum absolute atomic E-state index is 0.152. The molecule has 0 aliphatic carbocycles. The van der Waals surface area contributed by atoms with E-state index in [9.17, 15) is 14.0 Å². The van der Waals surface area contributed by atoms with E-state index in [4.69, 9.17) is 14.7 Å². The summed E-state index contributed by atoms with van der Waals surface area (Å²) in [6.45, 7) is 0.619. The molecule has 8 heteroatoms. The monoisotopic (exact) mass is 338 g/mol. The van der Waals surface area contributed by atoms with Crippen molar-refractivity contribution >= 4 is 28.4 Å². The van der Waals surface area contributed by atoms with Crippen molar-refractivity contribution in [3.05, 3.63) is 50.4 Å². The highest BCUT2D eigenvalue weighted by Crippen LogP contribution is 2.27. The van der Waals surface area contributed by atoms with Crippen molar-refractivity contribution < 1.29 is 13.3 Å². The standard InChI is InChI=1S/C15H15FN2O4S/c16-9-3-4-12-11(8-9)10(2-1-6-23-7-5-17)13-18(12)22-15(20)14(19)21-13/h3-4,8H,1-2,5-7,17H2. The molecule has 0 unspecified atom stereocenters. The minimum atomic E-state index is -1.09. The summed E-state index contributed by atoms with van der Waals surface area (Å²) >= 11 is 1.72. The number of halogens is 1. The summed E-state index contributed by atoms with van der Waals surface area (Å²) in [5, 5.41) is 0.575. The molecule has 0 saturated carbocycles. The van der Waals surface area contributed by atoms with Crippen molar-refractivity contribution in [3.8, 4) is 0 Å². The zero-order valence-corrected chi connectivity index (χ0v) is 13.0. The number of thioether (sulfide) groups is 1. The van der Waals surface area contributed by atoms with E-state index in [1.165, 1.54) is 18.2 Å². The lowest BCUT2D eigenvalue weighted by Crippen LogP contribution is -2.23. The molecule has 2 aromatic heterocycles. The van der Waals surface area contributed by atoms with Crippen molar-refractivity contribution in [2.24, 2.45) is 5.73 Å². The van der Waals surface area contributed by atoms with Gasteiger partial charge in [0.2, 0.25) is 5.71 Å². The van der Waals surface area contributed by atoms with Crippen LogP contribution in [0.25, 0.3) is 16.6 Å². The molecule has 6 nitrogen and oxygen atoms in total. The van der Waals surface area contributed by atoms with Crippen LogP contribution in [0.15, 0.2) is 36.7 Å². The third-order valence-electron chi connectivity index (χ3n) is 3.45. The number of aryl methyl sites for hydroxylation is 1. The van der Waals surface area contributed by atoms with Gasteiger partial charge in [-0.3, -0.25) is 0 Å². The van der Waals surface area contributed by atoms with E-state index in [2.05, 4.69) is 0 Å². The van der Waals surface area contributed by atoms with Crippen LogP contribution in [0.3, 0.4) is 0 Å². The number of nitrogens with two attached hydrogens (primary N) is 1. The molecular weight excluding hydrogens is 323 g/mol. The zero-order valence-electron chi connectivity index (χ0n) is 12.2. The molecule has 3 aromatic rings. The Morgan fingerprint density at radius 2 is 2.04 bits per heavy atom. The van der Waals surface area contributed by atoms with Gasteiger partial charge in [-0.2, -0.15) is 11.8 Å². The summed E-state index contributed by atoms with van der Waals surface area (Å²) in [5.74, 6) is 1.35. The van der Waals surface area contributed by atoms with Crippen LogP contribution >= 0.6 is 11.8 Å². The van der Waals surface area contributed by atoms with Gasteiger partial charge in [-0.05, 0) is 36.8 Å². The Bertz CT molecular complexity index is 960. The van der Waals surface area contributed by atoms with E-state index in [1.807, 2.05) is 0 Å². The Balaban J connectivity index is 2.08. The molecule has 0 atom stereocenters. The Hall–Kier alpha value is -2.06. The van der Waals surface area contributed by atoms with Gasteiger partial charge in [0.25, 0.3) is 0 Å². The average molecular weight is 338 g/mol. The highest BCUT2D eigenvalue weighted by atomic mass is 32.2. The zero-order chi connectivity index (χ0) is 16.4. The molecule has 2 N–H and O–H groups in total. The Kier molecular flexibility index (Phi) is 4.53. The normalized spacial score (nSPS) is 11.6. The number of fused-ring (bicyclic) bond motifs is 3. The summed E-state index contributed by atoms with van der Waals surface area (Å²) in [5.41, 5.74) is 4.59. The van der Waals surface area contributed by atoms with Crippen molar-refractivity contribution in [1.29, 1.82) is 0 Å². The average Bonchev–Trinajstić information content (AvgIpc) is 2.80. The first-order valence-corrected chi connectivity index (χ1v) is 8.32. The second-order valence-electron chi connectivity index (χ2n) is 5.01. The lowest BCUT2D eigenvalue weighted by molar-refractivity contribution is 0.286. The minimum Gasteiger partial charge on any atom is -0.397 e. The van der Waals surface area contributed by atoms with Crippen molar-refractivity contribution in [2.45, 2.75) is 12.8 Å². The highest BCUT2D eigenvalue weighted by Gasteiger charge is 2.18. The van der Waals surface area contributed by atoms with Crippen molar-refractivity contribution in [2.75, 3.05) is 18.1 Å². The van der Waals surface area contributed by atoms with E-state index < -0.39 is 17.1 Å². The van der Waals surface area contributed by atoms with Crippen LogP contribution < -0.4 is 17.0 Å². The second-order valence-corrected chi connectivity index (χ2v) is 6.24. The molecule has 2 heterocycles. The predicted molar refractivity (Wildman–Crippen MR) is 86.6 cm³/mol. The summed E-state index contributed by atoms with van der Waals surface area (Å²) in [7, 11) is 0. The Morgan fingerprint density at radius 1 is 1.22 bits per heavy atom. The summed E-state index contributed by atoms with van der Waals surface area (Å²) in [6.07, 6.45) is 1.38. The lowest BCUT2D eigenvalue weighted by Gasteiger charge is -2.00. The predicted octanol–water partition coefficient (Wildman–Crippen LogP) is 1.76. The maximum Gasteiger partial charge on any atom is 0.442 e. The van der Waals surface area contributed by atoms with Crippen LogP contribution in [0.4, 0.5) is 4.39 Å². The number of hydrogen-bond acceptors (Lipinski definition) is 6. The third kappa shape index (κ3) is 3.04. The second kappa shape index (κ2) is 6.59. The Morgan fingerprint density at radius 3 is 2.83 bits per heavy atom. The van der Waals surface area contributed by atoms with Gasteiger partial charge < -0.3 is 14.7 Å².